The number of hydrogen-bond donors (Lipinski definition) is 4. The molecule has 3 rings (SSSR count). The van der Waals surface area contributed by atoms with Gasteiger partial charge in [0.25, 0.3) is 0 Å². The number of rotatable bonds is 9. The van der Waals surface area contributed by atoms with Crippen molar-refractivity contribution in [2.75, 3.05) is 26.4 Å². The lowest BCUT2D eigenvalue weighted by Crippen LogP contribution is -2.56. The quantitative estimate of drug-likeness (QED) is 0.218. The highest BCUT2D eigenvalue weighted by molar-refractivity contribution is 5.95. The minimum atomic E-state index is -1.28. The fourth-order valence-electron chi connectivity index (χ4n) is 4.63. The normalized spacial score (nSPS) is 18.3. The molecule has 5 amide bonds. The van der Waals surface area contributed by atoms with Crippen molar-refractivity contribution in [3.8, 4) is 5.75 Å². The second-order valence-corrected chi connectivity index (χ2v) is 14.3. The predicted octanol–water partition coefficient (Wildman–Crippen LogP) is 4.44. The van der Waals surface area contributed by atoms with Gasteiger partial charge in [0.1, 0.15) is 30.0 Å². The molecule has 0 fully saturated rings. The summed E-state index contributed by atoms with van der Waals surface area (Å²) in [6.45, 7) is 15.1. The molecule has 0 aliphatic carbocycles. The summed E-state index contributed by atoms with van der Waals surface area (Å²) in [5, 5.41) is 18.0. The van der Waals surface area contributed by atoms with Gasteiger partial charge in [-0.15, -0.1) is 0 Å². The van der Waals surface area contributed by atoms with Crippen LogP contribution in [0.25, 0.3) is 0 Å². The van der Waals surface area contributed by atoms with Gasteiger partial charge in [0.2, 0.25) is 11.8 Å². The van der Waals surface area contributed by atoms with Crippen molar-refractivity contribution in [3.63, 3.8) is 0 Å². The lowest BCUT2D eigenvalue weighted by Gasteiger charge is -2.30. The fraction of sp³-hybridized carbons (Fsp3) is 0.629. The number of aliphatic carboxylic acids is 1. The first-order chi connectivity index (χ1) is 22.4. The summed E-state index contributed by atoms with van der Waals surface area (Å²) in [6, 6.07) is 3.70. The predicted molar refractivity (Wildman–Crippen MR) is 181 cm³/mol. The molecule has 3 atom stereocenters. The minimum Gasteiger partial charge on any atom is -0.490 e. The Labute approximate surface area is 284 Å². The van der Waals surface area contributed by atoms with E-state index in [4.69, 9.17) is 14.2 Å². The standard InChI is InChI=1S/C35H54N4O9/c1-23(2)28-22-46-19-11-12-20-47-25-16-14-24(15-17-25)21-27(29(40)36-28)38-32(44)37-26(30(41)42)13-9-10-18-39(31(43)34(3,4)5)33(45)48-35(6,7)8/h11-12,14-17,23,26-28H,9-10,13,18-22H2,1-8H3,(H,36,40)(H,41,42)(H2,37,38,44)/t26?,27-,28-/m1/s1. The molecule has 268 valence electrons. The summed E-state index contributed by atoms with van der Waals surface area (Å²) in [4.78, 5) is 65.5. The maximum Gasteiger partial charge on any atom is 0.417 e. The summed E-state index contributed by atoms with van der Waals surface area (Å²) < 4.78 is 16.9. The molecule has 1 aromatic carbocycles. The van der Waals surface area contributed by atoms with Crippen LogP contribution in [0.5, 0.6) is 5.75 Å². The summed E-state index contributed by atoms with van der Waals surface area (Å²) in [6.07, 6.45) is 3.66. The second kappa shape index (κ2) is 18.4. The number of hydrogen-bond acceptors (Lipinski definition) is 8. The molecule has 2 heterocycles. The number of imide groups is 1. The van der Waals surface area contributed by atoms with Crippen molar-refractivity contribution >= 4 is 29.9 Å². The van der Waals surface area contributed by atoms with Gasteiger partial charge in [-0.2, -0.15) is 0 Å². The SMILES string of the molecule is CC(C)[C@H]1COCC=CCOc2ccc(cc2)C[C@@H](NC(=O)NC(CCCCN(C(=O)OC(C)(C)C)C(=O)C(C)(C)C)C(=O)O)C(=O)N1. The number of carbonyl (C=O) groups excluding carboxylic acids is 4. The molecule has 4 N–H and O–H groups in total. The van der Waals surface area contributed by atoms with Crippen molar-refractivity contribution in [1.29, 1.82) is 0 Å². The van der Waals surface area contributed by atoms with Gasteiger partial charge in [-0.05, 0) is 69.7 Å². The van der Waals surface area contributed by atoms with Gasteiger partial charge in [-0.3, -0.25) is 9.59 Å². The first-order valence-electron chi connectivity index (χ1n) is 16.5. The third-order valence-corrected chi connectivity index (χ3v) is 7.37. The van der Waals surface area contributed by atoms with Gasteiger partial charge in [-0.25, -0.2) is 19.3 Å². The van der Waals surface area contributed by atoms with E-state index in [9.17, 15) is 29.1 Å². The van der Waals surface area contributed by atoms with E-state index >= 15 is 0 Å². The number of unbranched alkanes of at least 4 members (excludes halogenated alkanes) is 1. The van der Waals surface area contributed by atoms with E-state index in [-0.39, 0.29) is 50.8 Å². The molecule has 0 aromatic heterocycles. The van der Waals surface area contributed by atoms with Crippen LogP contribution in [0, 0.1) is 11.3 Å². The van der Waals surface area contributed by atoms with E-state index in [0.717, 1.165) is 10.5 Å². The van der Waals surface area contributed by atoms with Crippen molar-refractivity contribution in [2.24, 2.45) is 11.3 Å². The maximum absolute atomic E-state index is 13.5. The largest absolute Gasteiger partial charge is 0.490 e. The molecular weight excluding hydrogens is 620 g/mol. The van der Waals surface area contributed by atoms with Crippen LogP contribution in [0.2, 0.25) is 0 Å². The lowest BCUT2D eigenvalue weighted by atomic mass is 9.94. The zero-order valence-electron chi connectivity index (χ0n) is 29.6. The molecule has 13 heteroatoms. The van der Waals surface area contributed by atoms with E-state index in [2.05, 4.69) is 16.0 Å². The number of carboxylic acids is 1. The number of nitrogens with zero attached hydrogens (tertiary/aromatic N) is 1. The Morgan fingerprint density at radius 3 is 2.25 bits per heavy atom. The molecule has 0 saturated heterocycles. The van der Waals surface area contributed by atoms with Crippen LogP contribution in [0.3, 0.4) is 0 Å². The monoisotopic (exact) mass is 674 g/mol. The highest BCUT2D eigenvalue weighted by atomic mass is 16.6. The first kappa shape index (κ1) is 40.0. The molecular formula is C35H54N4O9. The fourth-order valence-corrected chi connectivity index (χ4v) is 4.63. The maximum atomic E-state index is 13.5. The number of benzene rings is 1. The third-order valence-electron chi connectivity index (χ3n) is 7.37. The minimum absolute atomic E-state index is 0.0205. The summed E-state index contributed by atoms with van der Waals surface area (Å²) >= 11 is 0. The van der Waals surface area contributed by atoms with Crippen LogP contribution < -0.4 is 20.7 Å². The Balaban J connectivity index is 2.12. The number of fused-ring (bicyclic) bond motifs is 12. The third kappa shape index (κ3) is 14.3. The molecule has 0 saturated carbocycles. The number of carboxylic acid groups (broad SMARTS) is 1. The van der Waals surface area contributed by atoms with Crippen LogP contribution in [-0.2, 0) is 30.3 Å². The summed E-state index contributed by atoms with van der Waals surface area (Å²) in [5.74, 6) is -1.43. The smallest absolute Gasteiger partial charge is 0.417 e. The van der Waals surface area contributed by atoms with E-state index < -0.39 is 53.0 Å². The first-order valence-corrected chi connectivity index (χ1v) is 16.5. The van der Waals surface area contributed by atoms with E-state index in [0.29, 0.717) is 19.0 Å². The molecule has 0 spiro atoms. The molecule has 48 heavy (non-hydrogen) atoms. The molecule has 2 aliphatic rings. The number of urea groups is 1. The second-order valence-electron chi connectivity index (χ2n) is 14.3. The van der Waals surface area contributed by atoms with E-state index in [1.165, 1.54) is 0 Å². The van der Waals surface area contributed by atoms with Crippen LogP contribution in [0.15, 0.2) is 36.4 Å². The zero-order valence-corrected chi connectivity index (χ0v) is 29.6. The number of amides is 5. The molecule has 2 aliphatic heterocycles. The van der Waals surface area contributed by atoms with Crippen molar-refractivity contribution in [2.45, 2.75) is 105 Å². The molecule has 13 nitrogen and oxygen atoms in total. The van der Waals surface area contributed by atoms with Crippen LogP contribution >= 0.6 is 0 Å². The Morgan fingerprint density at radius 2 is 1.67 bits per heavy atom. The van der Waals surface area contributed by atoms with Gasteiger partial charge in [0.05, 0.1) is 19.3 Å². The molecule has 0 radical (unpaired) electrons. The van der Waals surface area contributed by atoms with Crippen LogP contribution in [0.4, 0.5) is 9.59 Å². The topological polar surface area (TPSA) is 173 Å². The Bertz CT molecular complexity index is 1270. The molecule has 1 unspecified atom stereocenters. The van der Waals surface area contributed by atoms with Gasteiger partial charge < -0.3 is 35.3 Å². The van der Waals surface area contributed by atoms with E-state index in [1.807, 2.05) is 26.0 Å². The molecule has 2 bridgehead atoms. The van der Waals surface area contributed by atoms with E-state index in [1.54, 1.807) is 65.8 Å². The van der Waals surface area contributed by atoms with Crippen LogP contribution in [0.1, 0.15) is 80.2 Å². The van der Waals surface area contributed by atoms with Gasteiger partial charge in [-0.1, -0.05) is 52.8 Å². The Hall–Kier alpha value is -4.13. The Morgan fingerprint density at radius 1 is 1.02 bits per heavy atom. The number of ether oxygens (including phenoxy) is 3. The van der Waals surface area contributed by atoms with Crippen LogP contribution in [-0.4, -0.2) is 90.0 Å². The van der Waals surface area contributed by atoms with Crippen molar-refractivity contribution in [1.82, 2.24) is 20.9 Å². The number of carbonyl (C=O) groups is 5. The van der Waals surface area contributed by atoms with Gasteiger partial charge in [0, 0.05) is 18.4 Å². The van der Waals surface area contributed by atoms with Crippen molar-refractivity contribution < 1.29 is 43.3 Å². The Kier molecular flexibility index (Phi) is 15.4. The summed E-state index contributed by atoms with van der Waals surface area (Å²) in [5.41, 5.74) is -0.885. The van der Waals surface area contributed by atoms with Gasteiger partial charge >= 0.3 is 18.1 Å². The average Bonchev–Trinajstić information content (AvgIpc) is 2.97. The zero-order chi connectivity index (χ0) is 36.1. The summed E-state index contributed by atoms with van der Waals surface area (Å²) in [7, 11) is 0. The highest BCUT2D eigenvalue weighted by Gasteiger charge is 2.34. The lowest BCUT2D eigenvalue weighted by molar-refractivity contribution is -0.140. The molecule has 1 aromatic rings. The van der Waals surface area contributed by atoms with Gasteiger partial charge in [0.15, 0.2) is 0 Å². The average molecular weight is 675 g/mol. The highest BCUT2D eigenvalue weighted by Crippen LogP contribution is 2.21. The van der Waals surface area contributed by atoms with Crippen molar-refractivity contribution in [3.05, 3.63) is 42.0 Å². The number of nitrogens with one attached hydrogen (secondary N) is 3.